The predicted molar refractivity (Wildman–Crippen MR) is 112 cm³/mol. The fraction of sp³-hybridized carbons (Fsp3) is 0.450. The number of anilines is 1. The van der Waals surface area contributed by atoms with Crippen molar-refractivity contribution in [2.75, 3.05) is 12.3 Å². The zero-order valence-corrected chi connectivity index (χ0v) is 18.0. The van der Waals surface area contributed by atoms with Crippen LogP contribution in [-0.4, -0.2) is 51.8 Å². The van der Waals surface area contributed by atoms with E-state index in [1.165, 1.54) is 5.38 Å². The van der Waals surface area contributed by atoms with Crippen LogP contribution >= 0.6 is 11.3 Å². The van der Waals surface area contributed by atoms with Crippen molar-refractivity contribution in [2.45, 2.75) is 44.9 Å². The highest BCUT2D eigenvalue weighted by atomic mass is 32.1. The second kappa shape index (κ2) is 11.1. The van der Waals surface area contributed by atoms with Crippen molar-refractivity contribution >= 4 is 28.3 Å². The van der Waals surface area contributed by atoms with Gasteiger partial charge in [-0.05, 0) is 30.0 Å². The van der Waals surface area contributed by atoms with Crippen LogP contribution < -0.4 is 16.4 Å². The smallest absolute Gasteiger partial charge is 0.271 e. The molecular weight excluding hydrogens is 430 g/mol. The first kappa shape index (κ1) is 24.6. The number of aliphatic hydroxyl groups excluding tert-OH is 2. The summed E-state index contributed by atoms with van der Waals surface area (Å²) in [5.74, 6) is -2.61. The highest BCUT2D eigenvalue weighted by Crippen LogP contribution is 2.16. The minimum Gasteiger partial charge on any atom is -0.390 e. The molecule has 0 unspecified atom stereocenters. The average molecular weight is 457 g/mol. The number of benzene rings is 1. The van der Waals surface area contributed by atoms with Gasteiger partial charge in [0.1, 0.15) is 23.4 Å². The van der Waals surface area contributed by atoms with Gasteiger partial charge in [0.2, 0.25) is 5.91 Å². The first-order valence-electron chi connectivity index (χ1n) is 9.64. The van der Waals surface area contributed by atoms with E-state index in [0.29, 0.717) is 12.6 Å². The molecule has 0 radical (unpaired) electrons. The molecule has 6 N–H and O–H groups in total. The monoisotopic (exact) mass is 456 g/mol. The van der Waals surface area contributed by atoms with Crippen LogP contribution in [0.15, 0.2) is 23.6 Å². The third-order valence-corrected chi connectivity index (χ3v) is 5.03. The van der Waals surface area contributed by atoms with E-state index in [2.05, 4.69) is 15.6 Å². The lowest BCUT2D eigenvalue weighted by molar-refractivity contribution is -0.125. The summed E-state index contributed by atoms with van der Waals surface area (Å²) < 4.78 is 27.2. The Kier molecular flexibility index (Phi) is 8.84. The number of hydrogen-bond acceptors (Lipinski definition) is 7. The van der Waals surface area contributed by atoms with Crippen LogP contribution in [0.4, 0.5) is 13.9 Å². The molecule has 0 aliphatic rings. The van der Waals surface area contributed by atoms with Gasteiger partial charge in [-0.25, -0.2) is 13.8 Å². The zero-order chi connectivity index (χ0) is 23.1. The quantitative estimate of drug-likeness (QED) is 0.365. The number of thiazole rings is 1. The summed E-state index contributed by atoms with van der Waals surface area (Å²) in [6.45, 7) is 4.20. The lowest BCUT2D eigenvalue weighted by Crippen LogP contribution is -2.51. The number of hydrogen-bond donors (Lipinski definition) is 5. The molecule has 11 heteroatoms. The highest BCUT2D eigenvalue weighted by molar-refractivity contribution is 7.13. The van der Waals surface area contributed by atoms with Gasteiger partial charge in [0.25, 0.3) is 5.91 Å². The van der Waals surface area contributed by atoms with Gasteiger partial charge >= 0.3 is 0 Å². The number of nitrogens with one attached hydrogen (secondary N) is 2. The summed E-state index contributed by atoms with van der Waals surface area (Å²) in [7, 11) is 0. The van der Waals surface area contributed by atoms with Crippen LogP contribution in [0.5, 0.6) is 0 Å². The molecule has 0 fully saturated rings. The lowest BCUT2D eigenvalue weighted by Gasteiger charge is -2.27. The van der Waals surface area contributed by atoms with E-state index in [4.69, 9.17) is 5.73 Å². The maximum absolute atomic E-state index is 13.6. The molecule has 0 aliphatic heterocycles. The van der Waals surface area contributed by atoms with Crippen molar-refractivity contribution in [3.63, 3.8) is 0 Å². The van der Waals surface area contributed by atoms with E-state index in [0.717, 1.165) is 23.5 Å². The molecule has 0 saturated heterocycles. The first-order valence-corrected chi connectivity index (χ1v) is 10.5. The number of nitrogen functional groups attached to an aromatic ring is 1. The SMILES string of the molecule is CC(C)CNC(=O)C[C@@H](O)[C@H](O)[C@H](Cc1cc(F)cc(F)c1)NC(=O)c1csc(N)n1. The van der Waals surface area contributed by atoms with Gasteiger partial charge in [-0.3, -0.25) is 9.59 Å². The average Bonchev–Trinajstić information content (AvgIpc) is 3.11. The summed E-state index contributed by atoms with van der Waals surface area (Å²) in [6, 6.07) is 1.64. The van der Waals surface area contributed by atoms with E-state index >= 15 is 0 Å². The Morgan fingerprint density at radius 1 is 1.19 bits per heavy atom. The number of amides is 2. The standard InChI is InChI=1S/C20H26F2N4O4S/c1-10(2)8-24-17(28)7-16(27)18(29)14(5-11-3-12(21)6-13(22)4-11)25-19(30)15-9-31-20(23)26-15/h3-4,6,9-10,14,16,18,27,29H,5,7-8H2,1-2H3,(H2,23,26)(H,24,28)(H,25,30)/t14-,16+,18+/m0/s1. The molecule has 1 aromatic heterocycles. The van der Waals surface area contributed by atoms with Gasteiger partial charge in [-0.1, -0.05) is 13.8 Å². The topological polar surface area (TPSA) is 138 Å². The number of carbonyl (C=O) groups is 2. The Hall–Kier alpha value is -2.63. The minimum atomic E-state index is -1.60. The lowest BCUT2D eigenvalue weighted by atomic mass is 9.95. The van der Waals surface area contributed by atoms with E-state index in [9.17, 15) is 28.6 Å². The molecule has 2 amide bonds. The Morgan fingerprint density at radius 2 is 1.84 bits per heavy atom. The van der Waals surface area contributed by atoms with Crippen molar-refractivity contribution in [3.8, 4) is 0 Å². The largest absolute Gasteiger partial charge is 0.390 e. The van der Waals surface area contributed by atoms with E-state index in [1.54, 1.807) is 0 Å². The molecule has 31 heavy (non-hydrogen) atoms. The molecule has 170 valence electrons. The summed E-state index contributed by atoms with van der Waals surface area (Å²) in [4.78, 5) is 28.3. The summed E-state index contributed by atoms with van der Waals surface area (Å²) in [5.41, 5.74) is 5.67. The molecule has 3 atom stereocenters. The van der Waals surface area contributed by atoms with E-state index in [-0.39, 0.29) is 28.7 Å². The van der Waals surface area contributed by atoms with Crippen LogP contribution in [0.25, 0.3) is 0 Å². The fourth-order valence-electron chi connectivity index (χ4n) is 2.84. The van der Waals surface area contributed by atoms with E-state index < -0.39 is 48.1 Å². The van der Waals surface area contributed by atoms with Gasteiger partial charge in [0.05, 0.1) is 18.6 Å². The van der Waals surface area contributed by atoms with Gasteiger partial charge in [-0.2, -0.15) is 0 Å². The summed E-state index contributed by atoms with van der Waals surface area (Å²) in [5, 5.41) is 27.7. The second-order valence-corrected chi connectivity index (χ2v) is 8.48. The molecule has 0 bridgehead atoms. The van der Waals surface area contributed by atoms with Crippen molar-refractivity contribution in [3.05, 3.63) is 46.5 Å². The Morgan fingerprint density at radius 3 is 2.39 bits per heavy atom. The molecular formula is C20H26F2N4O4S. The van der Waals surface area contributed by atoms with Crippen molar-refractivity contribution < 1.29 is 28.6 Å². The van der Waals surface area contributed by atoms with Gasteiger partial charge in [-0.15, -0.1) is 11.3 Å². The zero-order valence-electron chi connectivity index (χ0n) is 17.1. The second-order valence-electron chi connectivity index (χ2n) is 7.59. The van der Waals surface area contributed by atoms with Gasteiger partial charge < -0.3 is 26.6 Å². The van der Waals surface area contributed by atoms with Gasteiger partial charge in [0.15, 0.2) is 5.13 Å². The van der Waals surface area contributed by atoms with Gasteiger partial charge in [0, 0.05) is 18.0 Å². The van der Waals surface area contributed by atoms with Crippen molar-refractivity contribution in [1.82, 2.24) is 15.6 Å². The van der Waals surface area contributed by atoms with Crippen molar-refractivity contribution in [2.24, 2.45) is 5.92 Å². The number of aliphatic hydroxyl groups is 2. The number of carbonyl (C=O) groups excluding carboxylic acids is 2. The third-order valence-electron chi connectivity index (χ3n) is 4.36. The molecule has 0 saturated carbocycles. The maximum Gasteiger partial charge on any atom is 0.271 e. The molecule has 2 aromatic rings. The highest BCUT2D eigenvalue weighted by Gasteiger charge is 2.30. The Balaban J connectivity index is 2.16. The molecule has 8 nitrogen and oxygen atoms in total. The maximum atomic E-state index is 13.6. The number of halogens is 2. The minimum absolute atomic E-state index is 0.00529. The number of nitrogens with two attached hydrogens (primary N) is 1. The summed E-state index contributed by atoms with van der Waals surface area (Å²) >= 11 is 1.04. The van der Waals surface area contributed by atoms with Crippen molar-refractivity contribution in [1.29, 1.82) is 0 Å². The predicted octanol–water partition coefficient (Wildman–Crippen LogP) is 1.23. The van der Waals surface area contributed by atoms with Crippen LogP contribution in [0.3, 0.4) is 0 Å². The normalized spacial score (nSPS) is 14.2. The molecule has 2 rings (SSSR count). The molecule has 1 heterocycles. The summed E-state index contributed by atoms with van der Waals surface area (Å²) in [6.07, 6.45) is -3.75. The van der Waals surface area contributed by atoms with E-state index in [1.807, 2.05) is 13.8 Å². The van der Waals surface area contributed by atoms with Crippen LogP contribution in [-0.2, 0) is 11.2 Å². The van der Waals surface area contributed by atoms with Crippen LogP contribution in [0.2, 0.25) is 0 Å². The Labute approximate surface area is 182 Å². The number of aromatic nitrogens is 1. The number of nitrogens with zero attached hydrogens (tertiary/aromatic N) is 1. The molecule has 0 spiro atoms. The molecule has 1 aromatic carbocycles. The fourth-order valence-corrected chi connectivity index (χ4v) is 3.39. The van der Waals surface area contributed by atoms with Crippen LogP contribution in [0.1, 0.15) is 36.3 Å². The number of rotatable bonds is 10. The molecule has 0 aliphatic carbocycles. The third kappa shape index (κ3) is 7.85. The Bertz CT molecular complexity index is 889. The first-order chi connectivity index (χ1) is 14.5. The van der Waals surface area contributed by atoms with Crippen LogP contribution in [0, 0.1) is 17.6 Å².